The van der Waals surface area contributed by atoms with Crippen LogP contribution in [0.25, 0.3) is 33.4 Å². The first-order valence-electron chi connectivity index (χ1n) is 44.4. The molecule has 748 valence electrons. The molecule has 5 rings (SSSR count). The number of aromatic hydroxyl groups is 2. The fourth-order valence-corrected chi connectivity index (χ4v) is 14.2. The van der Waals surface area contributed by atoms with Crippen molar-refractivity contribution < 1.29 is 104 Å². The van der Waals surface area contributed by atoms with Gasteiger partial charge in [0.25, 0.3) is 5.91 Å². The molecule has 52 nitrogen and oxygen atoms in total. The normalized spacial score (nSPS) is 13.1. The minimum Gasteiger partial charge on any atom is -0.545 e. The Bertz CT molecular complexity index is 5100. The number of unbranched alkanes of at least 4 members (excludes halogenated alkanes) is 2. The van der Waals surface area contributed by atoms with Crippen molar-refractivity contribution in [3.63, 3.8) is 0 Å². The number of phenolic OH excluding ortho intramolecular Hbond substituents is 2. The van der Waals surface area contributed by atoms with Crippen molar-refractivity contribution in [1.29, 1.82) is 27.0 Å². The number of fused-ring (bicyclic) bond motifs is 2. The van der Waals surface area contributed by atoms with Gasteiger partial charge in [0, 0.05) is 85.3 Å². The number of guanidine groups is 6. The molecule has 3 aromatic rings. The van der Waals surface area contributed by atoms with E-state index in [1.165, 1.54) is 60.7 Å². The molecule has 137 heavy (non-hydrogen) atoms. The van der Waals surface area contributed by atoms with E-state index in [4.69, 9.17) is 82.7 Å². The SMILES string of the molecule is N=C(N)NCCC[C@H](NC(=O)[C@H](CCCNC(=N)N)NC(=O)[C@H](CCCNC(=N)N)NC(=O)[C@H](CCC(N)=O)NC(=O)[C@H](CCCNC(=N)N)NC(=O)[C@H](CCCNC(=N)N)NC(=O)[C@H](CCCC[NH3+])NC(=O)[C@H](CCCC[NH3+])NC(=O)[C@H](CCCNC(N)=[NH2+])NC(=O)CNC(=O)[C@H](Cc1ccc(O)cc1)NC(=O)c1ccc(C(=O)[O-])c(-c2c3ccc(=O)cc-3oc3cc(O)ccc23)c1)C(N)=O. The number of carbonyl (C=O) groups is 14. The molecule has 3 aromatic carbocycles. The van der Waals surface area contributed by atoms with Gasteiger partial charge in [0.2, 0.25) is 70.9 Å². The van der Waals surface area contributed by atoms with Gasteiger partial charge in [-0.15, -0.1) is 0 Å². The number of primary amides is 2. The van der Waals surface area contributed by atoms with E-state index < -0.39 is 197 Å². The molecule has 10 atom stereocenters. The van der Waals surface area contributed by atoms with Crippen molar-refractivity contribution in [2.24, 2.45) is 45.9 Å². The van der Waals surface area contributed by atoms with Gasteiger partial charge in [-0.25, -0.2) is 0 Å². The Kier molecular flexibility index (Phi) is 47.4. The zero-order valence-corrected chi connectivity index (χ0v) is 75.9. The Hall–Kier alpha value is -15.9. The molecule has 0 fully saturated rings. The molecule has 0 radical (unpaired) electrons. The lowest BCUT2D eigenvalue weighted by atomic mass is 9.89. The average molecular weight is 1920 g/mol. The molecule has 2 aliphatic rings. The number of quaternary nitrogens is 2. The third-order valence-corrected chi connectivity index (χ3v) is 21.2. The Labute approximate surface area is 787 Å². The lowest BCUT2D eigenvalue weighted by Crippen LogP contribution is -2.60. The highest BCUT2D eigenvalue weighted by Crippen LogP contribution is 2.42. The van der Waals surface area contributed by atoms with Crippen LogP contribution in [0.3, 0.4) is 0 Å². The summed E-state index contributed by atoms with van der Waals surface area (Å²) in [6, 6.07) is 1.36. The maximum Gasteiger partial charge on any atom is 0.338 e. The molecule has 1 aliphatic heterocycles. The molecule has 1 heterocycles. The summed E-state index contributed by atoms with van der Waals surface area (Å²) < 4.78 is 5.96. The standard InChI is InChI=1S/C85H129N33O19/c86-31-3-1-11-55(111-71(127)54(14-6-34-103-81(92)93)109-66(123)43-108-70(126)62(39-44-19-22-46(119)23-20-44)118-69(125)45-21-26-49(79(135)136)52(40-45)67-50-27-24-47(120)41-63(50)137-64-42-48(121)25-28-51(64)67)73(129)112-56(12-2-4-32-87)74(130)114-58(16-8-36-105-83(96)97)75(131)115-60(18-10-38-107-85(100)101)77(133)117-61(29-30-65(88)122)78(134)116-59(17-9-37-106-84(98)99)76(132)113-57(15-7-35-104-82(94)95)72(128)110-53(68(89)124)13-5-33-102-80(90)91/h19-28,40-42,53-62,119-120H,1-18,29-39,43,86-87H2,(H2,88,122)(H2,89,124)(H,108,126)(H,109,123)(H,110,128)(H,111,127)(H,112,129)(H,113,132)(H,114,130)(H,115,131)(H,116,134)(H,117,133)(H,118,125)(H,135,136)(H4,90,91,102)(H4,92,93,103)(H4,94,95,104)(H4,96,97,105)(H4,98,99,106)(H4,100,101,107)/p+2/t53-,54-,55-,56-,57-,58-,59-,60-,61-,62-/m0/s1. The molecule has 1 aliphatic carbocycles. The quantitative estimate of drug-likeness (QED) is 0.00744. The number of nitrogens with one attached hydrogen (secondary N) is 22. The van der Waals surface area contributed by atoms with E-state index in [0.717, 1.165) is 18.2 Å². The summed E-state index contributed by atoms with van der Waals surface area (Å²) in [6.07, 6.45) is -1.20. The Morgan fingerprint density at radius 1 is 0.387 bits per heavy atom. The molecule has 0 bridgehead atoms. The summed E-state index contributed by atoms with van der Waals surface area (Å²) in [7, 11) is 0. The number of hydrogen-bond donors (Lipinski definition) is 35. The largest absolute Gasteiger partial charge is 0.545 e. The second-order valence-corrected chi connectivity index (χ2v) is 32.1. The molecule has 48 N–H and O–H groups in total. The molecule has 13 amide bonds. The van der Waals surface area contributed by atoms with Crippen molar-refractivity contribution >= 4 is 129 Å². The Morgan fingerprint density at radius 3 is 1.14 bits per heavy atom. The number of rotatable bonds is 62. The maximum atomic E-state index is 15.0. The van der Waals surface area contributed by atoms with E-state index in [1.807, 2.05) is 0 Å². The number of nitrogens with two attached hydrogens (primary N) is 9. The van der Waals surface area contributed by atoms with Crippen LogP contribution in [0.2, 0.25) is 0 Å². The molecule has 0 saturated heterocycles. The first kappa shape index (κ1) is 112. The van der Waals surface area contributed by atoms with Gasteiger partial charge in [0.1, 0.15) is 83.3 Å². The molecule has 0 saturated carbocycles. The van der Waals surface area contributed by atoms with Gasteiger partial charge < -0.3 is 161 Å². The zero-order chi connectivity index (χ0) is 101. The second kappa shape index (κ2) is 58.2. The van der Waals surface area contributed by atoms with Crippen LogP contribution in [-0.2, 0) is 64.0 Å². The number of hydrogen-bond acceptors (Lipinski definition) is 24. The van der Waals surface area contributed by atoms with E-state index in [-0.39, 0.29) is 211 Å². The lowest BCUT2D eigenvalue weighted by molar-refractivity contribution is -0.369. The Balaban J connectivity index is 1.45. The fourth-order valence-electron chi connectivity index (χ4n) is 14.2. The Morgan fingerprint density at radius 2 is 0.759 bits per heavy atom. The van der Waals surface area contributed by atoms with E-state index in [1.54, 1.807) is 0 Å². The van der Waals surface area contributed by atoms with Gasteiger partial charge in [0.15, 0.2) is 35.2 Å². The van der Waals surface area contributed by atoms with E-state index >= 15 is 9.59 Å². The van der Waals surface area contributed by atoms with Crippen LogP contribution in [0.1, 0.15) is 155 Å². The van der Waals surface area contributed by atoms with E-state index in [2.05, 4.69) is 102 Å². The average Bonchev–Trinajstić information content (AvgIpc) is 0.744. The zero-order valence-electron chi connectivity index (χ0n) is 75.9. The number of amides is 13. The van der Waals surface area contributed by atoms with Crippen LogP contribution in [-0.4, -0.2) is 248 Å². The third kappa shape index (κ3) is 40.6. The fraction of sp³-hybridized carbons (Fsp3) is 0.471. The minimum absolute atomic E-state index is 0.000712. The van der Waals surface area contributed by atoms with Crippen LogP contribution in [0.4, 0.5) is 0 Å². The number of benzene rings is 4. The van der Waals surface area contributed by atoms with Gasteiger partial charge in [-0.2, -0.15) is 0 Å². The van der Waals surface area contributed by atoms with Gasteiger partial charge in [-0.1, -0.05) is 18.2 Å². The number of aromatic carboxylic acids is 1. The van der Waals surface area contributed by atoms with Crippen LogP contribution in [0.15, 0.2) is 88.1 Å². The van der Waals surface area contributed by atoms with E-state index in [0.29, 0.717) is 31.5 Å². The number of carbonyl (C=O) groups excluding carboxylic acids is 14. The highest BCUT2D eigenvalue weighted by atomic mass is 16.4. The molecule has 0 spiro atoms. The number of carboxylic acid groups (broad SMARTS) is 1. The van der Waals surface area contributed by atoms with Gasteiger partial charge in [-0.05, 0) is 182 Å². The van der Waals surface area contributed by atoms with Crippen LogP contribution in [0.5, 0.6) is 11.5 Å². The van der Waals surface area contributed by atoms with Crippen LogP contribution in [0, 0.1) is 27.0 Å². The maximum absolute atomic E-state index is 15.0. The molecular formula is C85H131N33O19+2. The van der Waals surface area contributed by atoms with Gasteiger partial charge in [-0.3, -0.25) is 111 Å². The molecule has 52 heteroatoms. The summed E-state index contributed by atoms with van der Waals surface area (Å²) >= 11 is 0. The van der Waals surface area contributed by atoms with E-state index in [9.17, 15) is 77.6 Å². The van der Waals surface area contributed by atoms with Crippen molar-refractivity contribution in [3.05, 3.63) is 106 Å². The van der Waals surface area contributed by atoms with Crippen molar-refractivity contribution in [2.75, 3.05) is 58.9 Å². The number of carboxylic acids is 1. The van der Waals surface area contributed by atoms with Gasteiger partial charge >= 0.3 is 5.96 Å². The van der Waals surface area contributed by atoms with Crippen LogP contribution >= 0.6 is 0 Å². The second-order valence-electron chi connectivity index (χ2n) is 32.1. The summed E-state index contributed by atoms with van der Waals surface area (Å²) in [6.45, 7) is -0.107. The topological polar surface area (TPSA) is 946 Å². The minimum atomic E-state index is -1.77. The lowest BCUT2D eigenvalue weighted by Gasteiger charge is -2.28. The highest BCUT2D eigenvalue weighted by Gasteiger charge is 2.37. The van der Waals surface area contributed by atoms with Crippen molar-refractivity contribution in [2.45, 2.75) is 195 Å². The molecule has 0 aromatic heterocycles. The van der Waals surface area contributed by atoms with Crippen molar-refractivity contribution in [1.82, 2.24) is 90.4 Å². The summed E-state index contributed by atoms with van der Waals surface area (Å²) in [5, 5.41) is 122. The highest BCUT2D eigenvalue weighted by molar-refractivity contribution is 6.10. The predicted octanol–water partition coefficient (Wildman–Crippen LogP) is -11.5. The summed E-state index contributed by atoms with van der Waals surface area (Å²) in [5.74, 6) is -17.2. The first-order chi connectivity index (χ1) is 65.1. The van der Waals surface area contributed by atoms with Crippen molar-refractivity contribution in [3.8, 4) is 33.9 Å². The number of phenols is 2. The third-order valence-electron chi connectivity index (χ3n) is 21.2. The molecular weight excluding hydrogens is 1790 g/mol. The monoisotopic (exact) mass is 1920 g/mol. The smallest absolute Gasteiger partial charge is 0.338 e. The van der Waals surface area contributed by atoms with Crippen LogP contribution < -0.4 is 164 Å². The molecule has 0 unspecified atom stereocenters. The summed E-state index contributed by atoms with van der Waals surface area (Å²) in [5.41, 5.74) is 52.0. The summed E-state index contributed by atoms with van der Waals surface area (Å²) in [4.78, 5) is 212. The predicted molar refractivity (Wildman–Crippen MR) is 499 cm³/mol. The van der Waals surface area contributed by atoms with Gasteiger partial charge in [0.05, 0.1) is 32.1 Å². The first-order valence-corrected chi connectivity index (χ1v) is 44.4.